The van der Waals surface area contributed by atoms with Crippen molar-refractivity contribution in [2.24, 2.45) is 17.8 Å². The van der Waals surface area contributed by atoms with Crippen LogP contribution in [0.2, 0.25) is 0 Å². The van der Waals surface area contributed by atoms with E-state index in [-0.39, 0.29) is 17.9 Å². The van der Waals surface area contributed by atoms with Gasteiger partial charge in [-0.2, -0.15) is 0 Å². The minimum Gasteiger partial charge on any atom is -0.481 e. The molecule has 2 N–H and O–H groups in total. The molecule has 2 heterocycles. The fourth-order valence-corrected chi connectivity index (χ4v) is 2.65. The monoisotopic (exact) mass is 205 g/mol. The van der Waals surface area contributed by atoms with Gasteiger partial charge in [-0.05, 0) is 24.4 Å². The van der Waals surface area contributed by atoms with Gasteiger partial charge in [-0.3, -0.25) is 4.79 Å². The second-order valence-corrected chi connectivity index (χ2v) is 4.13. The second kappa shape index (κ2) is 3.00. The maximum Gasteiger partial charge on any atom is 0.307 e. The molecule has 2 aliphatic rings. The predicted octanol–water partition coefficient (Wildman–Crippen LogP) is 0.0677. The number of carbonyl (C=O) groups is 1. The Bertz CT molecular complexity index is 395. The van der Waals surface area contributed by atoms with Gasteiger partial charge < -0.3 is 10.4 Å². The summed E-state index contributed by atoms with van der Waals surface area (Å²) in [6, 6.07) is 1.94. The summed E-state index contributed by atoms with van der Waals surface area (Å²) in [7, 11) is 0. The van der Waals surface area contributed by atoms with Crippen molar-refractivity contribution in [1.82, 2.24) is 15.3 Å². The Morgan fingerprint density at radius 1 is 1.60 bits per heavy atom. The smallest absolute Gasteiger partial charge is 0.307 e. The molecule has 0 amide bonds. The Kier molecular flexibility index (Phi) is 1.76. The first-order chi connectivity index (χ1) is 7.29. The molecule has 0 bridgehead atoms. The van der Waals surface area contributed by atoms with Gasteiger partial charge in [-0.15, -0.1) is 0 Å². The molecule has 0 aromatic carbocycles. The molecular weight excluding hydrogens is 194 g/mol. The van der Waals surface area contributed by atoms with Gasteiger partial charge >= 0.3 is 5.97 Å². The van der Waals surface area contributed by atoms with E-state index in [1.807, 2.05) is 6.07 Å². The zero-order valence-corrected chi connectivity index (χ0v) is 8.00. The molecule has 3 rings (SSSR count). The Morgan fingerprint density at radius 2 is 2.47 bits per heavy atom. The first-order valence-electron chi connectivity index (χ1n) is 5.01. The van der Waals surface area contributed by atoms with Crippen molar-refractivity contribution in [1.29, 1.82) is 0 Å². The highest BCUT2D eigenvalue weighted by Gasteiger charge is 2.62. The van der Waals surface area contributed by atoms with Gasteiger partial charge in [0.1, 0.15) is 6.33 Å². The minimum absolute atomic E-state index is 0.0964. The topological polar surface area (TPSA) is 75.1 Å². The summed E-state index contributed by atoms with van der Waals surface area (Å²) in [5, 5.41) is 12.3. The maximum atomic E-state index is 10.9. The van der Waals surface area contributed by atoms with Gasteiger partial charge in [-0.1, -0.05) is 0 Å². The fraction of sp³-hybridized carbons (Fsp3) is 0.500. The number of carboxylic acid groups (broad SMARTS) is 1. The number of hydrogen-bond donors (Lipinski definition) is 2. The normalized spacial score (nSPS) is 37.3. The van der Waals surface area contributed by atoms with Crippen molar-refractivity contribution in [2.75, 3.05) is 6.54 Å². The van der Waals surface area contributed by atoms with Crippen molar-refractivity contribution >= 4 is 5.97 Å². The molecule has 1 aromatic heterocycles. The first-order valence-corrected chi connectivity index (χ1v) is 5.01. The number of nitrogens with zero attached hydrogens (tertiary/aromatic N) is 2. The van der Waals surface area contributed by atoms with Gasteiger partial charge in [0, 0.05) is 6.20 Å². The van der Waals surface area contributed by atoms with Crippen molar-refractivity contribution in [3.8, 4) is 0 Å². The van der Waals surface area contributed by atoms with E-state index in [0.29, 0.717) is 5.92 Å². The molecule has 1 aliphatic heterocycles. The van der Waals surface area contributed by atoms with Crippen LogP contribution in [-0.2, 0) is 4.79 Å². The van der Waals surface area contributed by atoms with Crippen LogP contribution in [0.4, 0.5) is 0 Å². The number of aliphatic carboxylic acids is 1. The van der Waals surface area contributed by atoms with Crippen LogP contribution in [0.25, 0.3) is 0 Å². The average molecular weight is 205 g/mol. The standard InChI is InChI=1S/C10H11N3O2/c14-10(15)8-5-3-12-9(7(5)8)6-1-2-11-4-13-6/h1-2,4-5,7-9,12H,3H2,(H,14,15). The Morgan fingerprint density at radius 3 is 3.07 bits per heavy atom. The first kappa shape index (κ1) is 8.79. The quantitative estimate of drug-likeness (QED) is 0.714. The van der Waals surface area contributed by atoms with Crippen LogP contribution >= 0.6 is 0 Å². The van der Waals surface area contributed by atoms with Crippen LogP contribution in [0.3, 0.4) is 0 Å². The summed E-state index contributed by atoms with van der Waals surface area (Å²) in [6.07, 6.45) is 3.19. The lowest BCUT2D eigenvalue weighted by Crippen LogP contribution is -2.24. The average Bonchev–Trinajstić information content (AvgIpc) is 2.82. The van der Waals surface area contributed by atoms with Crippen molar-refractivity contribution in [2.45, 2.75) is 6.04 Å². The third kappa shape index (κ3) is 1.23. The number of hydrogen-bond acceptors (Lipinski definition) is 4. The number of piperidine rings is 1. The lowest BCUT2D eigenvalue weighted by Gasteiger charge is -2.13. The van der Waals surface area contributed by atoms with Crippen LogP contribution < -0.4 is 5.32 Å². The number of fused-ring (bicyclic) bond motifs is 1. The number of rotatable bonds is 2. The zero-order chi connectivity index (χ0) is 10.4. The summed E-state index contributed by atoms with van der Waals surface area (Å²) in [6.45, 7) is 0.788. The molecule has 0 radical (unpaired) electrons. The van der Waals surface area contributed by atoms with E-state index < -0.39 is 5.97 Å². The lowest BCUT2D eigenvalue weighted by molar-refractivity contribution is -0.139. The molecule has 4 atom stereocenters. The van der Waals surface area contributed by atoms with Crippen LogP contribution in [-0.4, -0.2) is 27.6 Å². The van der Waals surface area contributed by atoms with Gasteiger partial charge in [-0.25, -0.2) is 9.97 Å². The van der Waals surface area contributed by atoms with Gasteiger partial charge in [0.25, 0.3) is 0 Å². The molecule has 1 aliphatic carbocycles. The molecular formula is C10H11N3O2. The lowest BCUT2D eigenvalue weighted by atomic mass is 10.1. The highest BCUT2D eigenvalue weighted by Crippen LogP contribution is 2.56. The molecule has 15 heavy (non-hydrogen) atoms. The van der Waals surface area contributed by atoms with Crippen LogP contribution in [0, 0.1) is 17.8 Å². The van der Waals surface area contributed by atoms with E-state index in [9.17, 15) is 4.79 Å². The highest BCUT2D eigenvalue weighted by atomic mass is 16.4. The van der Waals surface area contributed by atoms with Crippen LogP contribution in [0.15, 0.2) is 18.6 Å². The largest absolute Gasteiger partial charge is 0.481 e. The van der Waals surface area contributed by atoms with E-state index in [2.05, 4.69) is 15.3 Å². The molecule has 1 aromatic rings. The zero-order valence-electron chi connectivity index (χ0n) is 8.00. The maximum absolute atomic E-state index is 10.9. The third-order valence-electron chi connectivity index (χ3n) is 3.40. The van der Waals surface area contributed by atoms with Crippen molar-refractivity contribution in [3.63, 3.8) is 0 Å². The van der Waals surface area contributed by atoms with E-state index in [0.717, 1.165) is 12.2 Å². The number of aromatic nitrogens is 2. The summed E-state index contributed by atoms with van der Waals surface area (Å²) in [5.41, 5.74) is 0.904. The Balaban J connectivity index is 1.83. The summed E-state index contributed by atoms with van der Waals surface area (Å²) in [4.78, 5) is 18.9. The highest BCUT2D eigenvalue weighted by molar-refractivity contribution is 5.75. The Hall–Kier alpha value is -1.49. The van der Waals surface area contributed by atoms with Gasteiger partial charge in [0.2, 0.25) is 0 Å². The number of carboxylic acids is 1. The molecule has 1 saturated carbocycles. The summed E-state index contributed by atoms with van der Waals surface area (Å²) >= 11 is 0. The van der Waals surface area contributed by atoms with Crippen molar-refractivity contribution < 1.29 is 9.90 Å². The van der Waals surface area contributed by atoms with Gasteiger partial charge in [0.05, 0.1) is 17.7 Å². The van der Waals surface area contributed by atoms with E-state index in [4.69, 9.17) is 5.11 Å². The molecule has 78 valence electrons. The number of nitrogens with one attached hydrogen (secondary N) is 1. The molecule has 5 heteroatoms. The summed E-state index contributed by atoms with van der Waals surface area (Å²) in [5.74, 6) is -0.336. The SMILES string of the molecule is O=C(O)C1C2CNC(c3ccncn3)C21. The molecule has 2 fully saturated rings. The van der Waals surface area contributed by atoms with Gasteiger partial charge in [0.15, 0.2) is 0 Å². The second-order valence-electron chi connectivity index (χ2n) is 4.13. The third-order valence-corrected chi connectivity index (χ3v) is 3.40. The molecule has 0 spiro atoms. The molecule has 1 saturated heterocycles. The molecule has 4 unspecified atom stereocenters. The predicted molar refractivity (Wildman–Crippen MR) is 50.9 cm³/mol. The van der Waals surface area contributed by atoms with Crippen molar-refractivity contribution in [3.05, 3.63) is 24.3 Å². The van der Waals surface area contributed by atoms with E-state index >= 15 is 0 Å². The fourth-order valence-electron chi connectivity index (χ4n) is 2.65. The molecule has 5 nitrogen and oxygen atoms in total. The summed E-state index contributed by atoms with van der Waals surface area (Å²) < 4.78 is 0. The minimum atomic E-state index is -0.675. The van der Waals surface area contributed by atoms with Crippen LogP contribution in [0.5, 0.6) is 0 Å². The van der Waals surface area contributed by atoms with E-state index in [1.54, 1.807) is 6.20 Å². The van der Waals surface area contributed by atoms with Crippen LogP contribution in [0.1, 0.15) is 11.7 Å². The Labute approximate surface area is 86.6 Å². The van der Waals surface area contributed by atoms with E-state index in [1.165, 1.54) is 6.33 Å².